The summed E-state index contributed by atoms with van der Waals surface area (Å²) in [5.41, 5.74) is 4.12. The molecule has 2 aromatic rings. The predicted molar refractivity (Wildman–Crippen MR) is 88.5 cm³/mol. The Morgan fingerprint density at radius 1 is 0.810 bits per heavy atom. The summed E-state index contributed by atoms with van der Waals surface area (Å²) < 4.78 is 5.29. The Morgan fingerprint density at radius 2 is 1.43 bits per heavy atom. The van der Waals surface area contributed by atoms with Crippen molar-refractivity contribution in [1.29, 1.82) is 0 Å². The highest BCUT2D eigenvalue weighted by Crippen LogP contribution is 2.36. The molecule has 1 nitrogen and oxygen atoms in total. The van der Waals surface area contributed by atoms with Gasteiger partial charge in [-0.25, -0.2) is 0 Å². The molecule has 0 atom stereocenters. The van der Waals surface area contributed by atoms with Crippen LogP contribution >= 0.6 is 0 Å². The summed E-state index contributed by atoms with van der Waals surface area (Å²) in [7, 11) is 1.81. The zero-order valence-electron chi connectivity index (χ0n) is 12.8. The van der Waals surface area contributed by atoms with E-state index in [9.17, 15) is 0 Å². The number of benzene rings is 2. The van der Waals surface area contributed by atoms with Gasteiger partial charge in [0.05, 0.1) is 0 Å². The van der Waals surface area contributed by atoms with Crippen molar-refractivity contribution in [2.75, 3.05) is 13.7 Å². The number of rotatable bonds is 4. The van der Waals surface area contributed by atoms with Crippen LogP contribution in [0.15, 0.2) is 54.6 Å². The van der Waals surface area contributed by atoms with E-state index in [1.54, 1.807) is 0 Å². The van der Waals surface area contributed by atoms with Crippen LogP contribution in [-0.2, 0) is 4.74 Å². The van der Waals surface area contributed by atoms with Crippen molar-refractivity contribution in [1.82, 2.24) is 0 Å². The van der Waals surface area contributed by atoms with Gasteiger partial charge in [0.15, 0.2) is 0 Å². The van der Waals surface area contributed by atoms with Crippen molar-refractivity contribution >= 4 is 0 Å². The maximum absolute atomic E-state index is 5.29. The first-order valence-electron chi connectivity index (χ1n) is 8.01. The molecule has 0 radical (unpaired) electrons. The van der Waals surface area contributed by atoms with Gasteiger partial charge in [0.2, 0.25) is 0 Å². The standard InChI is InChI=1S/C20H24O/c1-21-15-16-7-9-18(10-8-16)20-13-11-19(12-14-20)17-5-3-2-4-6-17/h2-6,11-14,16,18H,7-10,15H2,1H3/t16-,18-. The minimum atomic E-state index is 0.739. The van der Waals surface area contributed by atoms with Crippen molar-refractivity contribution in [3.05, 3.63) is 60.2 Å². The summed E-state index contributed by atoms with van der Waals surface area (Å²) in [6.07, 6.45) is 5.22. The van der Waals surface area contributed by atoms with Gasteiger partial charge in [0.1, 0.15) is 0 Å². The fourth-order valence-corrected chi connectivity index (χ4v) is 3.48. The molecule has 1 fully saturated rings. The van der Waals surface area contributed by atoms with Crippen LogP contribution in [0.1, 0.15) is 37.2 Å². The van der Waals surface area contributed by atoms with Gasteiger partial charge >= 0.3 is 0 Å². The van der Waals surface area contributed by atoms with Crippen LogP contribution in [0.25, 0.3) is 11.1 Å². The number of hydrogen-bond acceptors (Lipinski definition) is 1. The molecule has 0 amide bonds. The Hall–Kier alpha value is -1.60. The second-order valence-electron chi connectivity index (χ2n) is 6.16. The number of methoxy groups -OCH3 is 1. The van der Waals surface area contributed by atoms with E-state index in [1.807, 2.05) is 7.11 Å². The normalized spacial score (nSPS) is 22.1. The molecule has 0 bridgehead atoms. The van der Waals surface area contributed by atoms with Crippen molar-refractivity contribution in [3.8, 4) is 11.1 Å². The largest absolute Gasteiger partial charge is 0.384 e. The highest BCUT2D eigenvalue weighted by molar-refractivity contribution is 5.63. The molecule has 2 aromatic carbocycles. The van der Waals surface area contributed by atoms with Gasteiger partial charge in [-0.3, -0.25) is 0 Å². The molecule has 110 valence electrons. The Labute approximate surface area is 128 Å². The molecular weight excluding hydrogens is 256 g/mol. The maximum Gasteiger partial charge on any atom is 0.0490 e. The van der Waals surface area contributed by atoms with Crippen LogP contribution in [0.4, 0.5) is 0 Å². The third-order valence-corrected chi connectivity index (χ3v) is 4.74. The zero-order chi connectivity index (χ0) is 14.5. The molecule has 3 rings (SSSR count). The van der Waals surface area contributed by atoms with Gasteiger partial charge < -0.3 is 4.74 Å². The van der Waals surface area contributed by atoms with Gasteiger partial charge in [-0.05, 0) is 54.2 Å². The number of ether oxygens (including phenoxy) is 1. The smallest absolute Gasteiger partial charge is 0.0490 e. The molecule has 0 aromatic heterocycles. The molecule has 0 heterocycles. The van der Waals surface area contributed by atoms with Crippen molar-refractivity contribution in [2.45, 2.75) is 31.6 Å². The first kappa shape index (κ1) is 14.3. The molecular formula is C20H24O. The predicted octanol–water partition coefficient (Wildman–Crippen LogP) is 5.27. The fraction of sp³-hybridized carbons (Fsp3) is 0.400. The third kappa shape index (κ3) is 3.54. The van der Waals surface area contributed by atoms with Gasteiger partial charge in [0.25, 0.3) is 0 Å². The molecule has 1 saturated carbocycles. The van der Waals surface area contributed by atoms with Gasteiger partial charge in [-0.2, -0.15) is 0 Å². The summed E-state index contributed by atoms with van der Waals surface area (Å²) in [5, 5.41) is 0. The van der Waals surface area contributed by atoms with Crippen LogP contribution in [0.5, 0.6) is 0 Å². The van der Waals surface area contributed by atoms with E-state index in [0.29, 0.717) is 0 Å². The van der Waals surface area contributed by atoms with Crippen molar-refractivity contribution in [2.24, 2.45) is 5.92 Å². The van der Waals surface area contributed by atoms with Gasteiger partial charge in [0, 0.05) is 13.7 Å². The molecule has 0 saturated heterocycles. The van der Waals surface area contributed by atoms with Crippen LogP contribution in [0, 0.1) is 5.92 Å². The first-order valence-corrected chi connectivity index (χ1v) is 8.01. The lowest BCUT2D eigenvalue weighted by molar-refractivity contribution is 0.127. The van der Waals surface area contributed by atoms with E-state index in [4.69, 9.17) is 4.74 Å². The van der Waals surface area contributed by atoms with E-state index >= 15 is 0 Å². The Kier molecular flexibility index (Phi) is 4.72. The summed E-state index contributed by atoms with van der Waals surface area (Å²) in [6, 6.07) is 19.8. The molecule has 0 aliphatic heterocycles. The molecule has 21 heavy (non-hydrogen) atoms. The topological polar surface area (TPSA) is 9.23 Å². The van der Waals surface area contributed by atoms with E-state index in [0.717, 1.165) is 18.4 Å². The maximum atomic E-state index is 5.29. The number of hydrogen-bond donors (Lipinski definition) is 0. The summed E-state index contributed by atoms with van der Waals surface area (Å²) in [6.45, 7) is 0.930. The first-order chi connectivity index (χ1) is 10.4. The minimum Gasteiger partial charge on any atom is -0.384 e. The summed E-state index contributed by atoms with van der Waals surface area (Å²) in [4.78, 5) is 0. The quantitative estimate of drug-likeness (QED) is 0.741. The van der Waals surface area contributed by atoms with Gasteiger partial charge in [-0.1, -0.05) is 54.6 Å². The molecule has 1 heteroatoms. The van der Waals surface area contributed by atoms with Crippen LogP contribution < -0.4 is 0 Å². The highest BCUT2D eigenvalue weighted by atomic mass is 16.5. The Morgan fingerprint density at radius 3 is 2.05 bits per heavy atom. The second-order valence-corrected chi connectivity index (χ2v) is 6.16. The van der Waals surface area contributed by atoms with E-state index in [2.05, 4.69) is 54.6 Å². The van der Waals surface area contributed by atoms with Crippen LogP contribution in [0.3, 0.4) is 0 Å². The minimum absolute atomic E-state index is 0.739. The Balaban J connectivity index is 1.65. The zero-order valence-corrected chi connectivity index (χ0v) is 12.8. The van der Waals surface area contributed by atoms with E-state index in [-0.39, 0.29) is 0 Å². The monoisotopic (exact) mass is 280 g/mol. The highest BCUT2D eigenvalue weighted by Gasteiger charge is 2.22. The molecule has 0 unspecified atom stereocenters. The lowest BCUT2D eigenvalue weighted by Gasteiger charge is -2.28. The molecule has 1 aliphatic rings. The van der Waals surface area contributed by atoms with Gasteiger partial charge in [-0.15, -0.1) is 0 Å². The van der Waals surface area contributed by atoms with Crippen LogP contribution in [-0.4, -0.2) is 13.7 Å². The SMILES string of the molecule is COC[C@H]1CC[C@H](c2ccc(-c3ccccc3)cc2)CC1. The lowest BCUT2D eigenvalue weighted by Crippen LogP contribution is -2.17. The lowest BCUT2D eigenvalue weighted by atomic mass is 9.79. The average Bonchev–Trinajstić information content (AvgIpc) is 2.57. The molecule has 0 N–H and O–H groups in total. The summed E-state index contributed by atoms with van der Waals surface area (Å²) >= 11 is 0. The second kappa shape index (κ2) is 6.91. The average molecular weight is 280 g/mol. The third-order valence-electron chi connectivity index (χ3n) is 4.74. The van der Waals surface area contributed by atoms with E-state index in [1.165, 1.54) is 42.4 Å². The van der Waals surface area contributed by atoms with Crippen LogP contribution in [0.2, 0.25) is 0 Å². The molecule has 1 aliphatic carbocycles. The van der Waals surface area contributed by atoms with E-state index < -0.39 is 0 Å². The van der Waals surface area contributed by atoms with Crippen molar-refractivity contribution < 1.29 is 4.74 Å². The fourth-order valence-electron chi connectivity index (χ4n) is 3.48. The molecule has 0 spiro atoms. The van der Waals surface area contributed by atoms with Crippen molar-refractivity contribution in [3.63, 3.8) is 0 Å². The Bertz CT molecular complexity index is 536. The summed E-state index contributed by atoms with van der Waals surface area (Å²) in [5.74, 6) is 1.51.